The second-order valence-electron chi connectivity index (χ2n) is 4.66. The molecule has 0 amide bonds. The number of hydrogen-bond donors (Lipinski definition) is 2. The van der Waals surface area contributed by atoms with E-state index in [9.17, 15) is 21.9 Å². The highest BCUT2D eigenvalue weighted by molar-refractivity contribution is 7.90. The van der Waals surface area contributed by atoms with Crippen molar-refractivity contribution >= 4 is 20.0 Å². The minimum atomic E-state index is -3.95. The summed E-state index contributed by atoms with van der Waals surface area (Å²) < 4.78 is 48.5. The van der Waals surface area contributed by atoms with Crippen LogP contribution in [0, 0.1) is 0 Å². The Morgan fingerprint density at radius 3 is 2.20 bits per heavy atom. The number of primary sulfonamides is 1. The van der Waals surface area contributed by atoms with Crippen LogP contribution in [0.4, 0.5) is 0 Å². The average molecular weight is 320 g/mol. The maximum Gasteiger partial charge on any atom is 0.243 e. The number of benzene rings is 1. The van der Waals surface area contributed by atoms with Gasteiger partial charge in [-0.25, -0.2) is 22.0 Å². The SMILES string of the molecule is NS(=O)(=O)c1cccc(S(=O)(=O)N2CCC(O)CC2)c1. The Morgan fingerprint density at radius 2 is 1.65 bits per heavy atom. The molecule has 1 aliphatic heterocycles. The normalized spacial score (nSPS) is 19.1. The molecular formula is C11H16N2O5S2. The molecule has 0 bridgehead atoms. The van der Waals surface area contributed by atoms with E-state index < -0.39 is 26.2 Å². The van der Waals surface area contributed by atoms with E-state index in [1.165, 1.54) is 22.5 Å². The fraction of sp³-hybridized carbons (Fsp3) is 0.455. The van der Waals surface area contributed by atoms with Crippen molar-refractivity contribution in [2.75, 3.05) is 13.1 Å². The monoisotopic (exact) mass is 320 g/mol. The lowest BCUT2D eigenvalue weighted by Crippen LogP contribution is -2.40. The number of nitrogens with two attached hydrogens (primary N) is 1. The van der Waals surface area contributed by atoms with Crippen LogP contribution in [0.5, 0.6) is 0 Å². The standard InChI is InChI=1S/C11H16N2O5S2/c12-19(15,16)10-2-1-3-11(8-10)20(17,18)13-6-4-9(14)5-7-13/h1-3,8-9,14H,4-7H2,(H2,12,15,16). The van der Waals surface area contributed by atoms with E-state index in [0.29, 0.717) is 12.8 Å². The predicted octanol–water partition coefficient (Wildman–Crippen LogP) is -0.521. The number of nitrogens with zero attached hydrogens (tertiary/aromatic N) is 1. The molecule has 0 unspecified atom stereocenters. The van der Waals surface area contributed by atoms with Gasteiger partial charge >= 0.3 is 0 Å². The molecule has 1 heterocycles. The van der Waals surface area contributed by atoms with E-state index >= 15 is 0 Å². The van der Waals surface area contributed by atoms with Gasteiger partial charge in [0.2, 0.25) is 20.0 Å². The first-order chi connectivity index (χ1) is 9.21. The highest BCUT2D eigenvalue weighted by Crippen LogP contribution is 2.22. The van der Waals surface area contributed by atoms with Gasteiger partial charge < -0.3 is 5.11 Å². The fourth-order valence-corrected chi connectivity index (χ4v) is 4.19. The Balaban J connectivity index is 2.35. The van der Waals surface area contributed by atoms with Crippen molar-refractivity contribution in [3.63, 3.8) is 0 Å². The Morgan fingerprint density at radius 1 is 1.10 bits per heavy atom. The third-order valence-electron chi connectivity index (χ3n) is 3.20. The van der Waals surface area contributed by atoms with Gasteiger partial charge in [0.25, 0.3) is 0 Å². The molecule has 112 valence electrons. The van der Waals surface area contributed by atoms with Crippen molar-refractivity contribution in [2.45, 2.75) is 28.7 Å². The van der Waals surface area contributed by atoms with E-state index in [-0.39, 0.29) is 22.9 Å². The second kappa shape index (κ2) is 5.41. The summed E-state index contributed by atoms with van der Waals surface area (Å²) in [5.74, 6) is 0. The largest absolute Gasteiger partial charge is 0.393 e. The molecule has 3 N–H and O–H groups in total. The Labute approximate surface area is 118 Å². The van der Waals surface area contributed by atoms with Gasteiger partial charge in [-0.1, -0.05) is 6.07 Å². The Hall–Kier alpha value is -1.00. The number of piperidine rings is 1. The highest BCUT2D eigenvalue weighted by atomic mass is 32.2. The van der Waals surface area contributed by atoms with E-state index in [1.807, 2.05) is 0 Å². The molecule has 9 heteroatoms. The lowest BCUT2D eigenvalue weighted by molar-refractivity contribution is 0.113. The number of rotatable bonds is 3. The van der Waals surface area contributed by atoms with Crippen molar-refractivity contribution in [3.8, 4) is 0 Å². The van der Waals surface area contributed by atoms with E-state index in [0.717, 1.165) is 6.07 Å². The topological polar surface area (TPSA) is 118 Å². The summed E-state index contributed by atoms with van der Waals surface area (Å²) >= 11 is 0. The predicted molar refractivity (Wildman–Crippen MR) is 71.8 cm³/mol. The first-order valence-corrected chi connectivity index (χ1v) is 9.01. The number of sulfonamides is 2. The van der Waals surface area contributed by atoms with Crippen LogP contribution in [0.3, 0.4) is 0 Å². The molecule has 1 aromatic rings. The first kappa shape index (κ1) is 15.4. The third kappa shape index (κ3) is 3.18. The van der Waals surface area contributed by atoms with Crippen LogP contribution >= 0.6 is 0 Å². The quantitative estimate of drug-likeness (QED) is 0.777. The Bertz CT molecular complexity index is 691. The summed E-state index contributed by atoms with van der Waals surface area (Å²) in [6.07, 6.45) is 0.250. The van der Waals surface area contributed by atoms with Crippen molar-refractivity contribution in [3.05, 3.63) is 24.3 Å². The van der Waals surface area contributed by atoms with Crippen LogP contribution in [0.15, 0.2) is 34.1 Å². The zero-order chi connectivity index (χ0) is 15.0. The van der Waals surface area contributed by atoms with Gasteiger partial charge in [-0.2, -0.15) is 4.31 Å². The second-order valence-corrected chi connectivity index (χ2v) is 8.15. The minimum absolute atomic E-state index is 0.111. The van der Waals surface area contributed by atoms with Gasteiger partial charge in [-0.3, -0.25) is 0 Å². The zero-order valence-electron chi connectivity index (χ0n) is 10.6. The molecule has 1 fully saturated rings. The van der Waals surface area contributed by atoms with Gasteiger partial charge in [-0.15, -0.1) is 0 Å². The molecule has 2 rings (SSSR count). The van der Waals surface area contributed by atoms with Crippen molar-refractivity contribution in [1.29, 1.82) is 0 Å². The minimum Gasteiger partial charge on any atom is -0.393 e. The smallest absolute Gasteiger partial charge is 0.243 e. The molecular weight excluding hydrogens is 304 g/mol. The summed E-state index contributed by atoms with van der Waals surface area (Å²) in [4.78, 5) is -0.351. The molecule has 0 atom stereocenters. The molecule has 20 heavy (non-hydrogen) atoms. The van der Waals surface area contributed by atoms with Crippen LogP contribution in [-0.4, -0.2) is 45.4 Å². The molecule has 1 aromatic carbocycles. The molecule has 0 spiro atoms. The molecule has 0 aliphatic carbocycles. The van der Waals surface area contributed by atoms with Crippen LogP contribution in [0.1, 0.15) is 12.8 Å². The molecule has 1 saturated heterocycles. The van der Waals surface area contributed by atoms with Crippen LogP contribution in [0.25, 0.3) is 0 Å². The summed E-state index contributed by atoms with van der Waals surface area (Å²) in [6, 6.07) is 4.96. The van der Waals surface area contributed by atoms with E-state index in [2.05, 4.69) is 0 Å². The van der Waals surface area contributed by atoms with Gasteiger partial charge in [0, 0.05) is 13.1 Å². The number of aliphatic hydroxyl groups excluding tert-OH is 1. The fourth-order valence-electron chi connectivity index (χ4n) is 2.04. The molecule has 0 radical (unpaired) electrons. The lowest BCUT2D eigenvalue weighted by atomic mass is 10.1. The van der Waals surface area contributed by atoms with Crippen molar-refractivity contribution in [1.82, 2.24) is 4.31 Å². The summed E-state index contributed by atoms with van der Waals surface area (Å²) in [5, 5.41) is 14.4. The van der Waals surface area contributed by atoms with Crippen molar-refractivity contribution in [2.24, 2.45) is 5.14 Å². The van der Waals surface area contributed by atoms with E-state index in [4.69, 9.17) is 5.14 Å². The molecule has 7 nitrogen and oxygen atoms in total. The van der Waals surface area contributed by atoms with Crippen LogP contribution < -0.4 is 5.14 Å². The van der Waals surface area contributed by atoms with Crippen molar-refractivity contribution < 1.29 is 21.9 Å². The maximum absolute atomic E-state index is 12.4. The maximum atomic E-state index is 12.4. The van der Waals surface area contributed by atoms with Gasteiger partial charge in [0.05, 0.1) is 15.9 Å². The van der Waals surface area contributed by atoms with Crippen LogP contribution in [0.2, 0.25) is 0 Å². The van der Waals surface area contributed by atoms with Gasteiger partial charge in [0.15, 0.2) is 0 Å². The zero-order valence-corrected chi connectivity index (χ0v) is 12.3. The molecule has 1 aliphatic rings. The molecule has 0 saturated carbocycles. The van der Waals surface area contributed by atoms with E-state index in [1.54, 1.807) is 0 Å². The Kier molecular flexibility index (Phi) is 4.17. The van der Waals surface area contributed by atoms with Gasteiger partial charge in [-0.05, 0) is 31.0 Å². The third-order valence-corrected chi connectivity index (χ3v) is 6.00. The number of hydrogen-bond acceptors (Lipinski definition) is 5. The van der Waals surface area contributed by atoms with Gasteiger partial charge in [0.1, 0.15) is 0 Å². The summed E-state index contributed by atoms with van der Waals surface area (Å²) in [7, 11) is -7.71. The lowest BCUT2D eigenvalue weighted by Gasteiger charge is -2.28. The summed E-state index contributed by atoms with van der Waals surface area (Å²) in [6.45, 7) is 0.423. The molecule has 0 aromatic heterocycles. The first-order valence-electron chi connectivity index (χ1n) is 6.02. The average Bonchev–Trinajstić information content (AvgIpc) is 2.38. The highest BCUT2D eigenvalue weighted by Gasteiger charge is 2.29. The summed E-state index contributed by atoms with van der Waals surface area (Å²) in [5.41, 5.74) is 0. The van der Waals surface area contributed by atoms with Crippen LogP contribution in [-0.2, 0) is 20.0 Å². The number of aliphatic hydroxyl groups is 1.